The topological polar surface area (TPSA) is 49.0 Å². The molecule has 0 aliphatic carbocycles. The quantitative estimate of drug-likeness (QED) is 0.844. The first-order valence-electron chi connectivity index (χ1n) is 7.59. The lowest BCUT2D eigenvalue weighted by molar-refractivity contribution is -0.129. The Labute approximate surface area is 140 Å². The highest BCUT2D eigenvalue weighted by Crippen LogP contribution is 2.19. The first-order chi connectivity index (χ1) is 11.0. The standard InChI is InChI=1S/C17H22FN3OS/c1-12(23-3)17(22)21(2)9-5-8-15-11-16(20-19-15)13-6-4-7-14(18)10-13/h4,6-7,10-12H,5,8-9H2,1-3H3,(H,19,20)/t12-/m1/s1. The first-order valence-corrected chi connectivity index (χ1v) is 8.88. The maximum atomic E-state index is 13.2. The zero-order valence-corrected chi connectivity index (χ0v) is 14.5. The summed E-state index contributed by atoms with van der Waals surface area (Å²) in [4.78, 5) is 13.8. The lowest BCUT2D eigenvalue weighted by atomic mass is 10.1. The molecule has 0 spiro atoms. The van der Waals surface area contributed by atoms with Gasteiger partial charge in [-0.3, -0.25) is 9.89 Å². The fraction of sp³-hybridized carbons (Fsp3) is 0.412. The Kier molecular flexibility index (Phi) is 6.21. The van der Waals surface area contributed by atoms with Crippen LogP contribution in [0.25, 0.3) is 11.3 Å². The Morgan fingerprint density at radius 1 is 1.43 bits per heavy atom. The van der Waals surface area contributed by atoms with Gasteiger partial charge in [0.2, 0.25) is 5.91 Å². The summed E-state index contributed by atoms with van der Waals surface area (Å²) < 4.78 is 13.2. The van der Waals surface area contributed by atoms with E-state index in [4.69, 9.17) is 0 Å². The Hall–Kier alpha value is -1.82. The molecule has 0 saturated heterocycles. The van der Waals surface area contributed by atoms with Gasteiger partial charge in [0.25, 0.3) is 0 Å². The number of hydrogen-bond donors (Lipinski definition) is 1. The normalized spacial score (nSPS) is 12.2. The van der Waals surface area contributed by atoms with Crippen LogP contribution in [0.3, 0.4) is 0 Å². The van der Waals surface area contributed by atoms with Crippen molar-refractivity contribution in [1.29, 1.82) is 0 Å². The maximum absolute atomic E-state index is 13.2. The number of aromatic nitrogens is 2. The number of aryl methyl sites for hydroxylation is 1. The third kappa shape index (κ3) is 4.82. The molecule has 0 radical (unpaired) electrons. The van der Waals surface area contributed by atoms with Gasteiger partial charge in [0.1, 0.15) is 5.82 Å². The van der Waals surface area contributed by atoms with Crippen molar-refractivity contribution in [3.8, 4) is 11.3 Å². The van der Waals surface area contributed by atoms with Gasteiger partial charge >= 0.3 is 0 Å². The number of carbonyl (C=O) groups excluding carboxylic acids is 1. The number of amides is 1. The Balaban J connectivity index is 1.87. The summed E-state index contributed by atoms with van der Waals surface area (Å²) in [6.45, 7) is 2.63. The minimum absolute atomic E-state index is 0.00765. The predicted molar refractivity (Wildman–Crippen MR) is 92.9 cm³/mol. The van der Waals surface area contributed by atoms with Crippen LogP contribution in [-0.4, -0.2) is 46.1 Å². The van der Waals surface area contributed by atoms with E-state index >= 15 is 0 Å². The molecule has 1 aromatic heterocycles. The first kappa shape index (κ1) is 17.5. The molecule has 6 heteroatoms. The van der Waals surface area contributed by atoms with E-state index < -0.39 is 0 Å². The Morgan fingerprint density at radius 2 is 2.22 bits per heavy atom. The second-order valence-electron chi connectivity index (χ2n) is 5.53. The molecule has 1 N–H and O–H groups in total. The van der Waals surface area contributed by atoms with E-state index in [1.165, 1.54) is 12.1 Å². The number of hydrogen-bond acceptors (Lipinski definition) is 3. The van der Waals surface area contributed by atoms with Crippen molar-refractivity contribution < 1.29 is 9.18 Å². The number of carbonyl (C=O) groups is 1. The SMILES string of the molecule is CS[C@H](C)C(=O)N(C)CCCc1cc(-c2cccc(F)c2)n[nH]1. The molecule has 0 saturated carbocycles. The van der Waals surface area contributed by atoms with Gasteiger partial charge in [0.15, 0.2) is 0 Å². The van der Waals surface area contributed by atoms with Crippen molar-refractivity contribution in [2.75, 3.05) is 19.8 Å². The average molecular weight is 335 g/mol. The van der Waals surface area contributed by atoms with Crippen molar-refractivity contribution in [2.24, 2.45) is 0 Å². The predicted octanol–water partition coefficient (Wildman–Crippen LogP) is 3.36. The molecule has 0 bridgehead atoms. The van der Waals surface area contributed by atoms with Gasteiger partial charge in [-0.2, -0.15) is 16.9 Å². The highest BCUT2D eigenvalue weighted by Gasteiger charge is 2.15. The van der Waals surface area contributed by atoms with Crippen LogP contribution in [0.4, 0.5) is 4.39 Å². The molecule has 1 atom stereocenters. The largest absolute Gasteiger partial charge is 0.345 e. The zero-order chi connectivity index (χ0) is 16.8. The smallest absolute Gasteiger partial charge is 0.235 e. The number of thioether (sulfide) groups is 1. The molecule has 0 aliphatic heterocycles. The van der Waals surface area contributed by atoms with Crippen LogP contribution in [0.5, 0.6) is 0 Å². The second kappa shape index (κ2) is 8.15. The van der Waals surface area contributed by atoms with E-state index in [0.29, 0.717) is 6.54 Å². The molecule has 2 aromatic rings. The van der Waals surface area contributed by atoms with Crippen LogP contribution in [0, 0.1) is 5.82 Å². The third-order valence-electron chi connectivity index (χ3n) is 3.77. The number of H-pyrrole nitrogens is 1. The van der Waals surface area contributed by atoms with E-state index in [2.05, 4.69) is 10.2 Å². The summed E-state index contributed by atoms with van der Waals surface area (Å²) in [5.74, 6) is -0.113. The number of benzene rings is 1. The van der Waals surface area contributed by atoms with Crippen molar-refractivity contribution in [2.45, 2.75) is 25.0 Å². The van der Waals surface area contributed by atoms with Gasteiger partial charge in [-0.25, -0.2) is 4.39 Å². The highest BCUT2D eigenvalue weighted by atomic mass is 32.2. The van der Waals surface area contributed by atoms with E-state index in [1.807, 2.05) is 32.4 Å². The van der Waals surface area contributed by atoms with Crippen molar-refractivity contribution in [1.82, 2.24) is 15.1 Å². The molecule has 2 rings (SSSR count). The van der Waals surface area contributed by atoms with Crippen LogP contribution in [-0.2, 0) is 11.2 Å². The van der Waals surface area contributed by atoms with Crippen LogP contribution >= 0.6 is 11.8 Å². The zero-order valence-electron chi connectivity index (χ0n) is 13.7. The minimum atomic E-state index is -0.268. The van der Waals surface area contributed by atoms with Gasteiger partial charge in [0.05, 0.1) is 10.9 Å². The van der Waals surface area contributed by atoms with Gasteiger partial charge < -0.3 is 4.90 Å². The molecular weight excluding hydrogens is 313 g/mol. The van der Waals surface area contributed by atoms with Crippen LogP contribution in [0.1, 0.15) is 19.0 Å². The summed E-state index contributed by atoms with van der Waals surface area (Å²) in [6, 6.07) is 8.32. The number of nitrogens with zero attached hydrogens (tertiary/aromatic N) is 2. The van der Waals surface area contributed by atoms with Gasteiger partial charge in [0, 0.05) is 24.8 Å². The lowest BCUT2D eigenvalue weighted by Gasteiger charge is -2.20. The molecule has 4 nitrogen and oxygen atoms in total. The second-order valence-corrected chi connectivity index (χ2v) is 6.71. The third-order valence-corrected chi connectivity index (χ3v) is 4.68. The molecule has 0 aliphatic rings. The van der Waals surface area contributed by atoms with E-state index in [1.54, 1.807) is 22.7 Å². The van der Waals surface area contributed by atoms with Crippen LogP contribution < -0.4 is 0 Å². The Morgan fingerprint density at radius 3 is 2.91 bits per heavy atom. The molecule has 1 amide bonds. The van der Waals surface area contributed by atoms with Gasteiger partial charge in [-0.05, 0) is 44.2 Å². The molecule has 1 aromatic carbocycles. The Bertz CT molecular complexity index is 659. The fourth-order valence-corrected chi connectivity index (χ4v) is 2.69. The summed E-state index contributed by atoms with van der Waals surface area (Å²) in [6.07, 6.45) is 3.59. The summed E-state index contributed by atoms with van der Waals surface area (Å²) in [7, 11) is 1.83. The molecule has 0 unspecified atom stereocenters. The molecular formula is C17H22FN3OS. The van der Waals surface area contributed by atoms with Gasteiger partial charge in [-0.15, -0.1) is 0 Å². The van der Waals surface area contributed by atoms with Crippen molar-refractivity contribution in [3.05, 3.63) is 41.8 Å². The van der Waals surface area contributed by atoms with E-state index in [-0.39, 0.29) is 17.0 Å². The number of halogens is 1. The van der Waals surface area contributed by atoms with Gasteiger partial charge in [-0.1, -0.05) is 12.1 Å². The summed E-state index contributed by atoms with van der Waals surface area (Å²) >= 11 is 1.56. The monoisotopic (exact) mass is 335 g/mol. The fourth-order valence-electron chi connectivity index (χ4n) is 2.31. The van der Waals surface area contributed by atoms with Crippen molar-refractivity contribution >= 4 is 17.7 Å². The maximum Gasteiger partial charge on any atom is 0.235 e. The molecule has 0 fully saturated rings. The average Bonchev–Trinajstić information content (AvgIpc) is 3.02. The molecule has 23 heavy (non-hydrogen) atoms. The minimum Gasteiger partial charge on any atom is -0.345 e. The van der Waals surface area contributed by atoms with Crippen LogP contribution in [0.15, 0.2) is 30.3 Å². The number of nitrogens with one attached hydrogen (secondary N) is 1. The molecule has 1 heterocycles. The van der Waals surface area contributed by atoms with Crippen LogP contribution in [0.2, 0.25) is 0 Å². The molecule has 124 valence electrons. The van der Waals surface area contributed by atoms with E-state index in [0.717, 1.165) is 29.8 Å². The van der Waals surface area contributed by atoms with E-state index in [9.17, 15) is 9.18 Å². The number of aromatic amines is 1. The summed E-state index contributed by atoms with van der Waals surface area (Å²) in [5.41, 5.74) is 2.48. The number of rotatable bonds is 7. The van der Waals surface area contributed by atoms with Crippen molar-refractivity contribution in [3.63, 3.8) is 0 Å². The summed E-state index contributed by atoms with van der Waals surface area (Å²) in [5, 5.41) is 7.20. The highest BCUT2D eigenvalue weighted by molar-refractivity contribution is 7.99. The lowest BCUT2D eigenvalue weighted by Crippen LogP contribution is -2.34.